The largest absolute Gasteiger partial charge is 0.393 e. The summed E-state index contributed by atoms with van der Waals surface area (Å²) in [5.41, 5.74) is 2.10. The number of hydrogen-bond acceptors (Lipinski definition) is 5. The Morgan fingerprint density at radius 2 is 2.12 bits per heavy atom. The summed E-state index contributed by atoms with van der Waals surface area (Å²) < 4.78 is 1.70. The van der Waals surface area contributed by atoms with Gasteiger partial charge in [-0.15, -0.1) is 0 Å². The van der Waals surface area contributed by atoms with Crippen LogP contribution in [0.25, 0.3) is 5.65 Å². The molecular formula is C18H25N5O2. The van der Waals surface area contributed by atoms with Crippen LogP contribution in [0.15, 0.2) is 18.5 Å². The van der Waals surface area contributed by atoms with Crippen LogP contribution in [0.2, 0.25) is 0 Å². The van der Waals surface area contributed by atoms with Gasteiger partial charge in [0.25, 0.3) is 5.91 Å². The first-order valence-corrected chi connectivity index (χ1v) is 9.12. The quantitative estimate of drug-likeness (QED) is 0.767. The molecule has 25 heavy (non-hydrogen) atoms. The second-order valence-corrected chi connectivity index (χ2v) is 7.33. The van der Waals surface area contributed by atoms with E-state index in [0.29, 0.717) is 17.4 Å². The summed E-state index contributed by atoms with van der Waals surface area (Å²) in [6, 6.07) is 1.94. The SMILES string of the molecule is Cc1c(C(=O)NC(C2CCNCC2)C2CC(O)C2)cnc2ccnn12. The fraction of sp³-hybridized carbons (Fsp3) is 0.611. The number of aliphatic hydroxyl groups is 1. The number of carbonyl (C=O) groups is 1. The van der Waals surface area contributed by atoms with Gasteiger partial charge in [-0.2, -0.15) is 5.10 Å². The van der Waals surface area contributed by atoms with Gasteiger partial charge >= 0.3 is 0 Å². The smallest absolute Gasteiger partial charge is 0.254 e. The standard InChI is InChI=1S/C18H25N5O2/c1-11-15(10-20-16-4-7-21-23(11)16)18(25)22-17(13-8-14(24)9-13)12-2-5-19-6-3-12/h4,7,10,12-14,17,19,24H,2-3,5-6,8-9H2,1H3,(H,22,25). The number of fused-ring (bicyclic) bond motifs is 1. The lowest BCUT2D eigenvalue weighted by Crippen LogP contribution is -2.53. The molecule has 3 N–H and O–H groups in total. The Morgan fingerprint density at radius 3 is 2.84 bits per heavy atom. The van der Waals surface area contributed by atoms with Crippen molar-refractivity contribution in [2.75, 3.05) is 13.1 Å². The zero-order chi connectivity index (χ0) is 17.4. The molecular weight excluding hydrogens is 318 g/mol. The molecule has 3 heterocycles. The van der Waals surface area contributed by atoms with E-state index in [-0.39, 0.29) is 18.1 Å². The highest BCUT2D eigenvalue weighted by Crippen LogP contribution is 2.36. The fourth-order valence-corrected chi connectivity index (χ4v) is 4.19. The number of amides is 1. The Bertz CT molecular complexity index is 762. The Hall–Kier alpha value is -1.99. The van der Waals surface area contributed by atoms with Crippen LogP contribution in [0, 0.1) is 18.8 Å². The monoisotopic (exact) mass is 343 g/mol. The molecule has 134 valence electrons. The van der Waals surface area contributed by atoms with E-state index < -0.39 is 0 Å². The van der Waals surface area contributed by atoms with Gasteiger partial charge in [0.1, 0.15) is 0 Å². The second-order valence-electron chi connectivity index (χ2n) is 7.33. The lowest BCUT2D eigenvalue weighted by Gasteiger charge is -2.43. The van der Waals surface area contributed by atoms with E-state index in [1.54, 1.807) is 16.9 Å². The predicted molar refractivity (Wildman–Crippen MR) is 93.3 cm³/mol. The molecule has 4 rings (SSSR count). The first kappa shape index (κ1) is 16.5. The van der Waals surface area contributed by atoms with Gasteiger partial charge in [-0.05, 0) is 57.5 Å². The lowest BCUT2D eigenvalue weighted by atomic mass is 9.71. The summed E-state index contributed by atoms with van der Waals surface area (Å²) in [4.78, 5) is 17.3. The molecule has 1 amide bonds. The van der Waals surface area contributed by atoms with E-state index in [1.165, 1.54) is 0 Å². The number of hydrogen-bond donors (Lipinski definition) is 3. The molecule has 2 aliphatic rings. The molecule has 0 aromatic carbocycles. The minimum absolute atomic E-state index is 0.0904. The molecule has 2 fully saturated rings. The van der Waals surface area contributed by atoms with Gasteiger partial charge in [-0.25, -0.2) is 9.50 Å². The third kappa shape index (κ3) is 3.14. The Balaban J connectivity index is 1.55. The molecule has 2 aromatic rings. The van der Waals surface area contributed by atoms with Gasteiger partial charge < -0.3 is 15.7 Å². The molecule has 1 saturated carbocycles. The molecule has 1 aliphatic carbocycles. The molecule has 0 spiro atoms. The highest BCUT2D eigenvalue weighted by molar-refractivity contribution is 5.95. The molecule has 0 radical (unpaired) electrons. The van der Waals surface area contributed by atoms with Crippen LogP contribution in [-0.2, 0) is 0 Å². The van der Waals surface area contributed by atoms with Gasteiger partial charge in [0.2, 0.25) is 0 Å². The van der Waals surface area contributed by atoms with Gasteiger partial charge in [0.05, 0.1) is 23.6 Å². The maximum atomic E-state index is 12.9. The topological polar surface area (TPSA) is 91.5 Å². The number of nitrogens with zero attached hydrogens (tertiary/aromatic N) is 3. The molecule has 1 atom stereocenters. The summed E-state index contributed by atoms with van der Waals surface area (Å²) in [5.74, 6) is 0.737. The summed E-state index contributed by atoms with van der Waals surface area (Å²) in [7, 11) is 0. The maximum absolute atomic E-state index is 12.9. The van der Waals surface area contributed by atoms with Crippen molar-refractivity contribution in [1.29, 1.82) is 0 Å². The van der Waals surface area contributed by atoms with Crippen molar-refractivity contribution in [1.82, 2.24) is 25.2 Å². The van der Waals surface area contributed by atoms with Crippen LogP contribution >= 0.6 is 0 Å². The van der Waals surface area contributed by atoms with E-state index in [1.807, 2.05) is 13.0 Å². The van der Waals surface area contributed by atoms with E-state index >= 15 is 0 Å². The minimum Gasteiger partial charge on any atom is -0.393 e. The van der Waals surface area contributed by atoms with Crippen molar-refractivity contribution in [3.05, 3.63) is 29.7 Å². The van der Waals surface area contributed by atoms with Crippen molar-refractivity contribution < 1.29 is 9.90 Å². The van der Waals surface area contributed by atoms with Crippen LogP contribution < -0.4 is 10.6 Å². The van der Waals surface area contributed by atoms with Crippen molar-refractivity contribution in [2.45, 2.75) is 44.8 Å². The summed E-state index contributed by atoms with van der Waals surface area (Å²) in [6.45, 7) is 3.88. The first-order chi connectivity index (χ1) is 12.1. The van der Waals surface area contributed by atoms with E-state index in [4.69, 9.17) is 0 Å². The van der Waals surface area contributed by atoms with Crippen molar-refractivity contribution in [3.63, 3.8) is 0 Å². The average molecular weight is 343 g/mol. The summed E-state index contributed by atoms with van der Waals surface area (Å²) >= 11 is 0. The van der Waals surface area contributed by atoms with Crippen LogP contribution in [0.3, 0.4) is 0 Å². The third-order valence-corrected chi connectivity index (χ3v) is 5.75. The molecule has 1 unspecified atom stereocenters. The second kappa shape index (κ2) is 6.72. The first-order valence-electron chi connectivity index (χ1n) is 9.12. The van der Waals surface area contributed by atoms with E-state index in [2.05, 4.69) is 20.7 Å². The number of nitrogens with one attached hydrogen (secondary N) is 2. The van der Waals surface area contributed by atoms with Gasteiger partial charge in [0, 0.05) is 18.3 Å². The molecule has 2 aromatic heterocycles. The molecule has 1 saturated heterocycles. The Morgan fingerprint density at radius 1 is 1.36 bits per heavy atom. The summed E-state index contributed by atoms with van der Waals surface area (Å²) in [5, 5.41) is 20.6. The van der Waals surface area contributed by atoms with Crippen LogP contribution in [0.5, 0.6) is 0 Å². The minimum atomic E-state index is -0.213. The zero-order valence-electron chi connectivity index (χ0n) is 14.5. The molecule has 7 heteroatoms. The van der Waals surface area contributed by atoms with Crippen LogP contribution in [-0.4, -0.2) is 50.8 Å². The van der Waals surface area contributed by atoms with Gasteiger partial charge in [-0.3, -0.25) is 4.79 Å². The third-order valence-electron chi connectivity index (χ3n) is 5.75. The Kier molecular flexibility index (Phi) is 4.43. The number of aromatic nitrogens is 3. The zero-order valence-corrected chi connectivity index (χ0v) is 14.5. The lowest BCUT2D eigenvalue weighted by molar-refractivity contribution is 0.00916. The normalized spacial score (nSPS) is 25.5. The highest BCUT2D eigenvalue weighted by atomic mass is 16.3. The number of aryl methyl sites for hydroxylation is 1. The van der Waals surface area contributed by atoms with Crippen molar-refractivity contribution >= 4 is 11.6 Å². The van der Waals surface area contributed by atoms with Gasteiger partial charge in [-0.1, -0.05) is 0 Å². The fourth-order valence-electron chi connectivity index (χ4n) is 4.19. The molecule has 0 bridgehead atoms. The van der Waals surface area contributed by atoms with Crippen molar-refractivity contribution in [3.8, 4) is 0 Å². The van der Waals surface area contributed by atoms with Crippen LogP contribution in [0.1, 0.15) is 41.7 Å². The van der Waals surface area contributed by atoms with Gasteiger partial charge in [0.15, 0.2) is 5.65 Å². The number of piperidine rings is 1. The number of carbonyl (C=O) groups excluding carboxylic acids is 1. The number of rotatable bonds is 4. The number of aliphatic hydroxyl groups excluding tert-OH is 1. The van der Waals surface area contributed by atoms with Crippen LogP contribution in [0.4, 0.5) is 0 Å². The summed E-state index contributed by atoms with van der Waals surface area (Å²) in [6.07, 6.45) is 6.80. The van der Waals surface area contributed by atoms with E-state index in [0.717, 1.165) is 50.1 Å². The van der Waals surface area contributed by atoms with E-state index in [9.17, 15) is 9.90 Å². The molecule has 7 nitrogen and oxygen atoms in total. The predicted octanol–water partition coefficient (Wildman–Crippen LogP) is 0.907. The maximum Gasteiger partial charge on any atom is 0.254 e. The average Bonchev–Trinajstić information content (AvgIpc) is 3.08. The Labute approximate surface area is 146 Å². The highest BCUT2D eigenvalue weighted by Gasteiger charge is 2.39. The van der Waals surface area contributed by atoms with Crippen molar-refractivity contribution in [2.24, 2.45) is 11.8 Å². The molecule has 1 aliphatic heterocycles.